The van der Waals surface area contributed by atoms with Crippen LogP contribution in [0.15, 0.2) is 24.8 Å². The predicted molar refractivity (Wildman–Crippen MR) is 85.6 cm³/mol. The molecular formula is C16H23N5O. The molecule has 2 aromatic heterocycles. The van der Waals surface area contributed by atoms with E-state index in [1.54, 1.807) is 17.1 Å². The van der Waals surface area contributed by atoms with Crippen molar-refractivity contribution in [2.45, 2.75) is 25.9 Å². The SMILES string of the molecule is C[C@@H]1CN(C(=O)c2c[nH]cc2-c2cnn(C)c2)C[C@H](C)N1C. The summed E-state index contributed by atoms with van der Waals surface area (Å²) < 4.78 is 1.75. The van der Waals surface area contributed by atoms with E-state index in [9.17, 15) is 4.79 Å². The van der Waals surface area contributed by atoms with Gasteiger partial charge in [0, 0.05) is 61.9 Å². The van der Waals surface area contributed by atoms with Crippen LogP contribution in [0.5, 0.6) is 0 Å². The normalized spacial score (nSPS) is 23.0. The summed E-state index contributed by atoms with van der Waals surface area (Å²) in [4.78, 5) is 20.3. The molecule has 0 unspecified atom stereocenters. The largest absolute Gasteiger partial charge is 0.366 e. The number of piperazine rings is 1. The number of nitrogens with zero attached hydrogens (tertiary/aromatic N) is 4. The molecule has 22 heavy (non-hydrogen) atoms. The summed E-state index contributed by atoms with van der Waals surface area (Å²) in [5.41, 5.74) is 2.59. The van der Waals surface area contributed by atoms with Crippen molar-refractivity contribution in [2.24, 2.45) is 7.05 Å². The van der Waals surface area contributed by atoms with Crippen molar-refractivity contribution in [3.05, 3.63) is 30.4 Å². The van der Waals surface area contributed by atoms with Crippen LogP contribution in [0.4, 0.5) is 0 Å². The zero-order valence-electron chi connectivity index (χ0n) is 13.6. The number of rotatable bonds is 2. The van der Waals surface area contributed by atoms with Gasteiger partial charge in [-0.2, -0.15) is 5.10 Å². The monoisotopic (exact) mass is 301 g/mol. The molecular weight excluding hydrogens is 278 g/mol. The molecule has 0 saturated carbocycles. The van der Waals surface area contributed by atoms with E-state index in [0.717, 1.165) is 29.8 Å². The lowest BCUT2D eigenvalue weighted by molar-refractivity contribution is 0.0415. The molecule has 0 bridgehead atoms. The minimum Gasteiger partial charge on any atom is -0.366 e. The van der Waals surface area contributed by atoms with E-state index >= 15 is 0 Å². The number of hydrogen-bond donors (Lipinski definition) is 1. The van der Waals surface area contributed by atoms with Crippen LogP contribution in [0.2, 0.25) is 0 Å². The minimum atomic E-state index is 0.0897. The lowest BCUT2D eigenvalue weighted by Crippen LogP contribution is -2.56. The highest BCUT2D eigenvalue weighted by Gasteiger charge is 2.31. The van der Waals surface area contributed by atoms with E-state index in [2.05, 4.69) is 35.9 Å². The van der Waals surface area contributed by atoms with Gasteiger partial charge >= 0.3 is 0 Å². The average Bonchev–Trinajstić information content (AvgIpc) is 3.11. The molecule has 0 aromatic carbocycles. The zero-order chi connectivity index (χ0) is 15.9. The lowest BCUT2D eigenvalue weighted by atomic mass is 10.0. The number of carbonyl (C=O) groups excluding carboxylic acids is 1. The highest BCUT2D eigenvalue weighted by atomic mass is 16.2. The van der Waals surface area contributed by atoms with Crippen LogP contribution >= 0.6 is 0 Å². The van der Waals surface area contributed by atoms with Crippen molar-refractivity contribution in [1.29, 1.82) is 0 Å². The number of aromatic nitrogens is 3. The van der Waals surface area contributed by atoms with Gasteiger partial charge in [-0.05, 0) is 20.9 Å². The van der Waals surface area contributed by atoms with Gasteiger partial charge in [-0.1, -0.05) is 0 Å². The lowest BCUT2D eigenvalue weighted by Gasteiger charge is -2.42. The van der Waals surface area contributed by atoms with Crippen molar-refractivity contribution in [3.8, 4) is 11.1 Å². The summed E-state index contributed by atoms with van der Waals surface area (Å²) in [6.45, 7) is 5.85. The molecule has 0 aliphatic carbocycles. The average molecular weight is 301 g/mol. The summed E-state index contributed by atoms with van der Waals surface area (Å²) in [7, 11) is 4.00. The third-order valence-electron chi connectivity index (χ3n) is 4.64. The molecule has 1 amide bonds. The van der Waals surface area contributed by atoms with E-state index in [0.29, 0.717) is 12.1 Å². The van der Waals surface area contributed by atoms with Crippen LogP contribution in [0, 0.1) is 0 Å². The zero-order valence-corrected chi connectivity index (χ0v) is 13.6. The number of hydrogen-bond acceptors (Lipinski definition) is 3. The van der Waals surface area contributed by atoms with Crippen LogP contribution in [-0.2, 0) is 7.05 Å². The van der Waals surface area contributed by atoms with E-state index in [-0.39, 0.29) is 5.91 Å². The van der Waals surface area contributed by atoms with Gasteiger partial charge in [0.2, 0.25) is 0 Å². The van der Waals surface area contributed by atoms with Gasteiger partial charge in [0.15, 0.2) is 0 Å². The Morgan fingerprint density at radius 3 is 2.50 bits per heavy atom. The Kier molecular flexibility index (Phi) is 3.78. The summed E-state index contributed by atoms with van der Waals surface area (Å²) in [5, 5.41) is 4.19. The maximum atomic E-state index is 12.9. The van der Waals surface area contributed by atoms with Crippen LogP contribution in [0.25, 0.3) is 11.1 Å². The number of aromatic amines is 1. The fourth-order valence-corrected chi connectivity index (χ4v) is 3.08. The molecule has 0 radical (unpaired) electrons. The van der Waals surface area contributed by atoms with Crippen molar-refractivity contribution >= 4 is 5.91 Å². The maximum Gasteiger partial charge on any atom is 0.256 e. The van der Waals surface area contributed by atoms with Crippen molar-refractivity contribution in [1.82, 2.24) is 24.6 Å². The second kappa shape index (κ2) is 5.61. The van der Waals surface area contributed by atoms with Gasteiger partial charge in [-0.25, -0.2) is 0 Å². The summed E-state index contributed by atoms with van der Waals surface area (Å²) in [6.07, 6.45) is 7.37. The molecule has 6 heteroatoms. The second-order valence-electron chi connectivity index (χ2n) is 6.26. The molecule has 0 spiro atoms. The van der Waals surface area contributed by atoms with E-state index in [1.165, 1.54) is 0 Å². The van der Waals surface area contributed by atoms with Gasteiger partial charge in [0.25, 0.3) is 5.91 Å². The molecule has 118 valence electrons. The quantitative estimate of drug-likeness (QED) is 0.916. The first-order valence-electron chi connectivity index (χ1n) is 7.64. The molecule has 3 rings (SSSR count). The molecule has 1 N–H and O–H groups in total. The molecule has 1 fully saturated rings. The predicted octanol–water partition coefficient (Wildman–Crippen LogP) is 1.58. The molecule has 6 nitrogen and oxygen atoms in total. The standard InChI is InChI=1S/C16H23N5O/c1-11-8-21(9-12(2)20(11)4)16(22)15-7-17-6-14(15)13-5-18-19(3)10-13/h5-7,10-12,17H,8-9H2,1-4H3/t11-,12+. The van der Waals surface area contributed by atoms with Crippen LogP contribution in [0.1, 0.15) is 24.2 Å². The Morgan fingerprint density at radius 1 is 1.23 bits per heavy atom. The molecule has 1 aliphatic rings. The molecule has 1 saturated heterocycles. The first-order valence-corrected chi connectivity index (χ1v) is 7.64. The smallest absolute Gasteiger partial charge is 0.256 e. The minimum absolute atomic E-state index is 0.0897. The highest BCUT2D eigenvalue weighted by Crippen LogP contribution is 2.25. The van der Waals surface area contributed by atoms with E-state index < -0.39 is 0 Å². The van der Waals surface area contributed by atoms with Gasteiger partial charge in [0.1, 0.15) is 0 Å². The Bertz CT molecular complexity index is 662. The van der Waals surface area contributed by atoms with Crippen LogP contribution < -0.4 is 0 Å². The highest BCUT2D eigenvalue weighted by molar-refractivity contribution is 6.00. The van der Waals surface area contributed by atoms with Gasteiger partial charge in [0.05, 0.1) is 11.8 Å². The summed E-state index contributed by atoms with van der Waals surface area (Å²) in [6, 6.07) is 0.738. The van der Waals surface area contributed by atoms with Crippen molar-refractivity contribution < 1.29 is 4.79 Å². The Morgan fingerprint density at radius 2 is 1.91 bits per heavy atom. The summed E-state index contributed by atoms with van der Waals surface area (Å²) >= 11 is 0. The topological polar surface area (TPSA) is 57.2 Å². The first-order chi connectivity index (χ1) is 10.5. The van der Waals surface area contributed by atoms with E-state index in [1.807, 2.05) is 24.3 Å². The number of carbonyl (C=O) groups is 1. The molecule has 3 heterocycles. The fraction of sp³-hybridized carbons (Fsp3) is 0.500. The summed E-state index contributed by atoms with van der Waals surface area (Å²) in [5.74, 6) is 0.0897. The Balaban J connectivity index is 1.86. The van der Waals surface area contributed by atoms with Gasteiger partial charge in [-0.15, -0.1) is 0 Å². The van der Waals surface area contributed by atoms with Gasteiger partial charge < -0.3 is 9.88 Å². The Labute approximate surface area is 130 Å². The molecule has 2 atom stereocenters. The third-order valence-corrected chi connectivity index (χ3v) is 4.64. The van der Waals surface area contributed by atoms with Gasteiger partial charge in [-0.3, -0.25) is 14.4 Å². The van der Waals surface area contributed by atoms with E-state index in [4.69, 9.17) is 0 Å². The Hall–Kier alpha value is -2.08. The van der Waals surface area contributed by atoms with Crippen molar-refractivity contribution in [2.75, 3.05) is 20.1 Å². The maximum absolute atomic E-state index is 12.9. The number of likely N-dealkylation sites (N-methyl/N-ethyl adjacent to an activating group) is 1. The molecule has 1 aliphatic heterocycles. The fourth-order valence-electron chi connectivity index (χ4n) is 3.08. The second-order valence-corrected chi connectivity index (χ2v) is 6.26. The first kappa shape index (κ1) is 14.8. The molecule has 2 aromatic rings. The number of nitrogens with one attached hydrogen (secondary N) is 1. The van der Waals surface area contributed by atoms with Crippen LogP contribution in [-0.4, -0.2) is 62.7 Å². The third kappa shape index (κ3) is 2.54. The number of amides is 1. The van der Waals surface area contributed by atoms with Crippen molar-refractivity contribution in [3.63, 3.8) is 0 Å². The number of aryl methyl sites for hydroxylation is 1. The number of H-pyrrole nitrogens is 1. The van der Waals surface area contributed by atoms with Crippen LogP contribution in [0.3, 0.4) is 0 Å².